The van der Waals surface area contributed by atoms with Crippen molar-refractivity contribution in [2.45, 2.75) is 18.3 Å². The average molecular weight is 753 g/mol. The van der Waals surface area contributed by atoms with Gasteiger partial charge >= 0.3 is 0 Å². The van der Waals surface area contributed by atoms with Crippen LogP contribution in [0, 0.1) is 0 Å². The van der Waals surface area contributed by atoms with Crippen molar-refractivity contribution in [3.05, 3.63) is 241 Å². The van der Waals surface area contributed by atoms with Crippen molar-refractivity contribution in [2.75, 3.05) is 4.90 Å². The Balaban J connectivity index is 1.01. The van der Waals surface area contributed by atoms with E-state index in [2.05, 4.69) is 228 Å². The zero-order chi connectivity index (χ0) is 38.9. The first-order valence-electron chi connectivity index (χ1n) is 20.7. The predicted octanol–water partition coefficient (Wildman–Crippen LogP) is 14.7. The maximum Gasteiger partial charge on any atom is 0.0547 e. The zero-order valence-corrected chi connectivity index (χ0v) is 32.6. The molecule has 0 atom stereocenters. The molecule has 278 valence electrons. The molecule has 10 aromatic rings. The number of rotatable bonds is 6. The highest BCUT2D eigenvalue weighted by molar-refractivity contribution is 6.10. The van der Waals surface area contributed by atoms with Crippen LogP contribution in [-0.2, 0) is 18.3 Å². The summed E-state index contributed by atoms with van der Waals surface area (Å²) < 4.78 is 2.40. The van der Waals surface area contributed by atoms with Crippen LogP contribution in [-0.4, -0.2) is 4.57 Å². The molecule has 0 bridgehead atoms. The third-order valence-electron chi connectivity index (χ3n) is 13.0. The number of benzene rings is 9. The lowest BCUT2D eigenvalue weighted by atomic mass is 9.75. The van der Waals surface area contributed by atoms with Crippen LogP contribution in [0.1, 0.15) is 22.3 Å². The summed E-state index contributed by atoms with van der Waals surface area (Å²) in [6, 6.07) is 80.6. The molecule has 0 radical (unpaired) electrons. The summed E-state index contributed by atoms with van der Waals surface area (Å²) in [6.45, 7) is 0. The van der Waals surface area contributed by atoms with Gasteiger partial charge in [-0.15, -0.1) is 0 Å². The first-order valence-corrected chi connectivity index (χ1v) is 20.7. The van der Waals surface area contributed by atoms with Crippen molar-refractivity contribution in [1.29, 1.82) is 0 Å². The molecule has 0 saturated heterocycles. The van der Waals surface area contributed by atoms with Gasteiger partial charge in [0.1, 0.15) is 0 Å². The lowest BCUT2D eigenvalue weighted by molar-refractivity contribution is 0.563. The molecule has 1 spiro atoms. The van der Waals surface area contributed by atoms with Crippen LogP contribution >= 0.6 is 0 Å². The SMILES string of the molecule is c1ccc(-c2ccccc2N(c2ccc(-c3ccc4c5ccccc5n(-c5ccccc5)c4c3)cc2)c2ccc3c(c2)C2(Cc4ccccc4C2)c2ccccc2-3)cc1. The molecule has 59 heavy (non-hydrogen) atoms. The number of para-hydroxylation sites is 3. The first-order chi connectivity index (χ1) is 29.2. The molecule has 2 nitrogen and oxygen atoms in total. The van der Waals surface area contributed by atoms with Crippen LogP contribution in [0.15, 0.2) is 218 Å². The molecule has 0 fully saturated rings. The fraction of sp³-hybridized carbons (Fsp3) is 0.0526. The summed E-state index contributed by atoms with van der Waals surface area (Å²) in [7, 11) is 0. The second kappa shape index (κ2) is 13.3. The van der Waals surface area contributed by atoms with E-state index in [0.717, 1.165) is 29.9 Å². The van der Waals surface area contributed by atoms with Crippen LogP contribution in [0.2, 0.25) is 0 Å². The molecule has 12 rings (SSSR count). The average Bonchev–Trinajstić information content (AvgIpc) is 3.95. The Morgan fingerprint density at radius 3 is 1.76 bits per heavy atom. The summed E-state index contributed by atoms with van der Waals surface area (Å²) in [6.07, 6.45) is 2.03. The first kappa shape index (κ1) is 33.7. The Morgan fingerprint density at radius 2 is 0.966 bits per heavy atom. The van der Waals surface area contributed by atoms with Gasteiger partial charge < -0.3 is 9.47 Å². The van der Waals surface area contributed by atoms with Crippen molar-refractivity contribution in [3.8, 4) is 39.1 Å². The number of anilines is 3. The third-order valence-corrected chi connectivity index (χ3v) is 13.0. The van der Waals surface area contributed by atoms with Gasteiger partial charge in [-0.05, 0) is 118 Å². The third kappa shape index (κ3) is 5.26. The summed E-state index contributed by atoms with van der Waals surface area (Å²) in [5.41, 5.74) is 20.2. The van der Waals surface area contributed by atoms with Crippen molar-refractivity contribution in [3.63, 3.8) is 0 Å². The van der Waals surface area contributed by atoms with Crippen LogP contribution in [0.25, 0.3) is 60.9 Å². The van der Waals surface area contributed by atoms with Gasteiger partial charge in [0.15, 0.2) is 0 Å². The van der Waals surface area contributed by atoms with Gasteiger partial charge in [-0.25, -0.2) is 0 Å². The summed E-state index contributed by atoms with van der Waals surface area (Å²) in [5.74, 6) is 0. The van der Waals surface area contributed by atoms with Crippen LogP contribution in [0.4, 0.5) is 17.1 Å². The number of aromatic nitrogens is 1. The highest BCUT2D eigenvalue weighted by Gasteiger charge is 2.47. The molecule has 2 heteroatoms. The molecule has 9 aromatic carbocycles. The Morgan fingerprint density at radius 1 is 0.373 bits per heavy atom. The Hall–Kier alpha value is -7.42. The molecular weight excluding hydrogens is 713 g/mol. The lowest BCUT2D eigenvalue weighted by Gasteiger charge is -2.31. The quantitative estimate of drug-likeness (QED) is 0.164. The van der Waals surface area contributed by atoms with E-state index in [-0.39, 0.29) is 5.41 Å². The predicted molar refractivity (Wildman–Crippen MR) is 246 cm³/mol. The minimum atomic E-state index is -0.0963. The van der Waals surface area contributed by atoms with E-state index in [1.54, 1.807) is 0 Å². The van der Waals surface area contributed by atoms with E-state index in [1.807, 2.05) is 0 Å². The zero-order valence-electron chi connectivity index (χ0n) is 32.6. The van der Waals surface area contributed by atoms with Crippen molar-refractivity contribution in [2.24, 2.45) is 0 Å². The fourth-order valence-corrected chi connectivity index (χ4v) is 10.3. The molecule has 0 N–H and O–H groups in total. The highest BCUT2D eigenvalue weighted by Crippen LogP contribution is 2.56. The second-order valence-electron chi connectivity index (χ2n) is 16.2. The Labute approximate surface area is 344 Å². The van der Waals surface area contributed by atoms with Gasteiger partial charge in [-0.2, -0.15) is 0 Å². The Kier molecular flexibility index (Phi) is 7.61. The number of nitrogens with zero attached hydrogens (tertiary/aromatic N) is 2. The van der Waals surface area contributed by atoms with Gasteiger partial charge in [0.25, 0.3) is 0 Å². The van der Waals surface area contributed by atoms with Gasteiger partial charge in [0.2, 0.25) is 0 Å². The van der Waals surface area contributed by atoms with E-state index in [1.165, 1.54) is 83.1 Å². The van der Waals surface area contributed by atoms with Crippen LogP contribution in [0.5, 0.6) is 0 Å². The van der Waals surface area contributed by atoms with Crippen LogP contribution < -0.4 is 4.90 Å². The molecule has 0 unspecified atom stereocenters. The molecule has 1 heterocycles. The molecule has 2 aliphatic carbocycles. The van der Waals surface area contributed by atoms with Crippen molar-refractivity contribution < 1.29 is 0 Å². The highest BCUT2D eigenvalue weighted by atomic mass is 15.1. The van der Waals surface area contributed by atoms with Crippen molar-refractivity contribution in [1.82, 2.24) is 4.57 Å². The molecule has 0 amide bonds. The van der Waals surface area contributed by atoms with Gasteiger partial charge in [-0.1, -0.05) is 164 Å². The molecule has 1 aromatic heterocycles. The monoisotopic (exact) mass is 752 g/mol. The largest absolute Gasteiger partial charge is 0.310 e. The lowest BCUT2D eigenvalue weighted by Crippen LogP contribution is -2.26. The minimum Gasteiger partial charge on any atom is -0.310 e. The summed E-state index contributed by atoms with van der Waals surface area (Å²) in [5, 5.41) is 2.53. The smallest absolute Gasteiger partial charge is 0.0547 e. The van der Waals surface area contributed by atoms with Crippen LogP contribution in [0.3, 0.4) is 0 Å². The van der Waals surface area contributed by atoms with E-state index >= 15 is 0 Å². The van der Waals surface area contributed by atoms with E-state index < -0.39 is 0 Å². The minimum absolute atomic E-state index is 0.0963. The van der Waals surface area contributed by atoms with E-state index in [9.17, 15) is 0 Å². The van der Waals surface area contributed by atoms with E-state index in [4.69, 9.17) is 0 Å². The number of hydrogen-bond acceptors (Lipinski definition) is 1. The summed E-state index contributed by atoms with van der Waals surface area (Å²) in [4.78, 5) is 2.47. The van der Waals surface area contributed by atoms with Gasteiger partial charge in [0, 0.05) is 38.8 Å². The molecule has 0 aliphatic heterocycles. The van der Waals surface area contributed by atoms with Crippen molar-refractivity contribution >= 4 is 38.9 Å². The van der Waals surface area contributed by atoms with E-state index in [0.29, 0.717) is 0 Å². The normalized spacial score (nSPS) is 13.4. The maximum absolute atomic E-state index is 2.51. The van der Waals surface area contributed by atoms with Gasteiger partial charge in [0.05, 0.1) is 16.7 Å². The maximum atomic E-state index is 2.51. The molecule has 2 aliphatic rings. The topological polar surface area (TPSA) is 8.17 Å². The number of fused-ring (bicyclic) bond motifs is 9. The number of hydrogen-bond donors (Lipinski definition) is 0. The second-order valence-corrected chi connectivity index (χ2v) is 16.2. The Bertz CT molecular complexity index is 3190. The fourth-order valence-electron chi connectivity index (χ4n) is 10.3. The summed E-state index contributed by atoms with van der Waals surface area (Å²) >= 11 is 0. The standard InChI is InChI=1S/C57H40N2/c1-3-15-40(16-4-1)47-21-10-13-25-54(47)58(46-32-34-49-48-22-9-12-24-52(48)57(53(49)36-46)37-42-17-7-8-18-43(42)38-57)45-30-27-39(28-31-45)41-29-33-51-50-23-11-14-26-55(50)59(56(51)35-41)44-19-5-2-6-20-44/h1-36H,37-38H2. The molecule has 0 saturated carbocycles. The van der Waals surface area contributed by atoms with Gasteiger partial charge in [-0.3, -0.25) is 0 Å². The molecular formula is C57H40N2.